The third-order valence-electron chi connectivity index (χ3n) is 2.45. The van der Waals surface area contributed by atoms with Gasteiger partial charge in [0, 0.05) is 6.20 Å². The second-order valence-corrected chi connectivity index (χ2v) is 3.86. The monoisotopic (exact) mass is 269 g/mol. The lowest BCUT2D eigenvalue weighted by Gasteiger charge is -2.07. The first-order valence-electron chi connectivity index (χ1n) is 5.91. The fourth-order valence-corrected chi connectivity index (χ4v) is 1.56. The molecule has 0 radical (unpaired) electrons. The van der Waals surface area contributed by atoms with Crippen molar-refractivity contribution >= 4 is 11.6 Å². The van der Waals surface area contributed by atoms with Gasteiger partial charge in [-0.2, -0.15) is 0 Å². The van der Waals surface area contributed by atoms with Crippen LogP contribution in [0.5, 0.6) is 0 Å². The van der Waals surface area contributed by atoms with Gasteiger partial charge in [0.15, 0.2) is 0 Å². The number of nitrogens with two attached hydrogens (primary N) is 1. The van der Waals surface area contributed by atoms with Crippen LogP contribution in [-0.2, 0) is 0 Å². The molecule has 0 aliphatic heterocycles. The Labute approximate surface area is 115 Å². The van der Waals surface area contributed by atoms with Crippen molar-refractivity contribution in [3.63, 3.8) is 0 Å². The lowest BCUT2D eigenvalue weighted by atomic mass is 10.1. The average Bonchev–Trinajstić information content (AvgIpc) is 2.48. The van der Waals surface area contributed by atoms with Crippen molar-refractivity contribution in [1.82, 2.24) is 4.98 Å². The molecule has 1 aromatic carbocycles. The molecule has 0 saturated carbocycles. The first-order valence-corrected chi connectivity index (χ1v) is 5.91. The third kappa shape index (κ3) is 3.40. The normalized spacial score (nSPS) is 9.50. The summed E-state index contributed by atoms with van der Waals surface area (Å²) in [6.07, 6.45) is 1.52. The molecule has 1 heterocycles. The Balaban J connectivity index is 2.27. The van der Waals surface area contributed by atoms with E-state index in [-0.39, 0.29) is 18.1 Å². The molecule has 4 nitrogen and oxygen atoms in total. The van der Waals surface area contributed by atoms with Crippen molar-refractivity contribution in [1.29, 1.82) is 0 Å². The van der Waals surface area contributed by atoms with Crippen molar-refractivity contribution in [2.24, 2.45) is 5.73 Å². The smallest absolute Gasteiger partial charge is 0.274 e. The van der Waals surface area contributed by atoms with Gasteiger partial charge >= 0.3 is 0 Å². The zero-order valence-corrected chi connectivity index (χ0v) is 10.6. The molecule has 0 spiro atoms. The molecule has 0 fully saturated rings. The Kier molecular flexibility index (Phi) is 4.43. The number of amides is 1. The fraction of sp³-hybridized carbons (Fsp3) is 0.0667. The van der Waals surface area contributed by atoms with E-state index in [9.17, 15) is 9.18 Å². The van der Waals surface area contributed by atoms with Crippen molar-refractivity contribution in [2.45, 2.75) is 0 Å². The molecule has 5 heteroatoms. The number of nitrogens with one attached hydrogen (secondary N) is 1. The van der Waals surface area contributed by atoms with Gasteiger partial charge in [0.05, 0.1) is 17.8 Å². The fourth-order valence-electron chi connectivity index (χ4n) is 1.56. The van der Waals surface area contributed by atoms with Gasteiger partial charge in [-0.3, -0.25) is 9.78 Å². The first-order chi connectivity index (χ1) is 9.70. The lowest BCUT2D eigenvalue weighted by Crippen LogP contribution is -2.14. The molecule has 0 saturated heterocycles. The van der Waals surface area contributed by atoms with Gasteiger partial charge in [0.1, 0.15) is 11.5 Å². The van der Waals surface area contributed by atoms with Crippen LogP contribution in [0.25, 0.3) is 0 Å². The largest absolute Gasteiger partial charge is 0.320 e. The number of hydrogen-bond donors (Lipinski definition) is 2. The van der Waals surface area contributed by atoms with Crippen LogP contribution in [0.4, 0.5) is 10.1 Å². The molecule has 2 rings (SSSR count). The van der Waals surface area contributed by atoms with Crippen molar-refractivity contribution in [3.05, 3.63) is 59.7 Å². The summed E-state index contributed by atoms with van der Waals surface area (Å²) in [5.74, 6) is 4.54. The van der Waals surface area contributed by atoms with Crippen LogP contribution in [-0.4, -0.2) is 17.4 Å². The van der Waals surface area contributed by atoms with Gasteiger partial charge in [-0.15, -0.1) is 0 Å². The van der Waals surface area contributed by atoms with Gasteiger partial charge in [0.2, 0.25) is 0 Å². The zero-order chi connectivity index (χ0) is 14.4. The van der Waals surface area contributed by atoms with Gasteiger partial charge in [0.25, 0.3) is 5.91 Å². The van der Waals surface area contributed by atoms with Gasteiger partial charge in [-0.1, -0.05) is 17.9 Å². The van der Waals surface area contributed by atoms with Crippen LogP contribution in [0.2, 0.25) is 0 Å². The molecule has 0 bridgehead atoms. The molecule has 1 amide bonds. The summed E-state index contributed by atoms with van der Waals surface area (Å²) in [4.78, 5) is 15.9. The summed E-state index contributed by atoms with van der Waals surface area (Å²) >= 11 is 0. The summed E-state index contributed by atoms with van der Waals surface area (Å²) in [7, 11) is 0. The summed E-state index contributed by atoms with van der Waals surface area (Å²) in [5.41, 5.74) is 6.36. The Hall–Kier alpha value is -2.71. The van der Waals surface area contributed by atoms with Gasteiger partial charge < -0.3 is 11.1 Å². The zero-order valence-electron chi connectivity index (χ0n) is 10.6. The van der Waals surface area contributed by atoms with Crippen molar-refractivity contribution in [3.8, 4) is 11.8 Å². The minimum atomic E-state index is -0.429. The Bertz CT molecular complexity index is 675. The second-order valence-electron chi connectivity index (χ2n) is 3.86. The standard InChI is InChI=1S/C15H12FN3O/c16-12-6-7-13(11(10-12)4-3-8-17)19-15(20)14-5-1-2-9-18-14/h1-2,5-7,9-10H,8,17H2,(H,19,20). The maximum absolute atomic E-state index is 13.2. The number of carbonyl (C=O) groups excluding carboxylic acids is 1. The highest BCUT2D eigenvalue weighted by molar-refractivity contribution is 6.03. The van der Waals surface area contributed by atoms with Crippen LogP contribution in [0.3, 0.4) is 0 Å². The van der Waals surface area contributed by atoms with Crippen molar-refractivity contribution in [2.75, 3.05) is 11.9 Å². The summed E-state index contributed by atoms with van der Waals surface area (Å²) < 4.78 is 13.2. The Morgan fingerprint density at radius 3 is 2.90 bits per heavy atom. The molecule has 0 atom stereocenters. The van der Waals surface area contributed by atoms with Crippen LogP contribution in [0.1, 0.15) is 16.1 Å². The molecular formula is C15H12FN3O. The predicted molar refractivity (Wildman–Crippen MR) is 74.5 cm³/mol. The molecule has 3 N–H and O–H groups in total. The van der Waals surface area contributed by atoms with E-state index in [4.69, 9.17) is 5.73 Å². The third-order valence-corrected chi connectivity index (χ3v) is 2.45. The van der Waals surface area contributed by atoms with E-state index < -0.39 is 5.82 Å². The van der Waals surface area contributed by atoms with Gasteiger partial charge in [-0.25, -0.2) is 4.39 Å². The van der Waals surface area contributed by atoms with E-state index in [1.54, 1.807) is 18.2 Å². The SMILES string of the molecule is NCC#Cc1cc(F)ccc1NC(=O)c1ccccn1. The Morgan fingerprint density at radius 1 is 1.35 bits per heavy atom. The molecule has 2 aromatic rings. The van der Waals surface area contributed by atoms with Crippen molar-refractivity contribution < 1.29 is 9.18 Å². The maximum atomic E-state index is 13.2. The topological polar surface area (TPSA) is 68.0 Å². The molecule has 1 aromatic heterocycles. The number of aromatic nitrogens is 1. The number of benzene rings is 1. The number of carbonyl (C=O) groups is 1. The molecule has 20 heavy (non-hydrogen) atoms. The highest BCUT2D eigenvalue weighted by Crippen LogP contribution is 2.16. The minimum absolute atomic E-state index is 0.157. The summed E-state index contributed by atoms with van der Waals surface area (Å²) in [6, 6.07) is 8.97. The number of pyridine rings is 1. The summed E-state index contributed by atoms with van der Waals surface area (Å²) in [6.45, 7) is 0.157. The number of anilines is 1. The highest BCUT2D eigenvalue weighted by atomic mass is 19.1. The molecule has 100 valence electrons. The highest BCUT2D eigenvalue weighted by Gasteiger charge is 2.09. The van der Waals surface area contributed by atoms with Gasteiger partial charge in [-0.05, 0) is 30.3 Å². The number of hydrogen-bond acceptors (Lipinski definition) is 3. The van der Waals surface area contributed by atoms with Crippen LogP contribution < -0.4 is 11.1 Å². The summed E-state index contributed by atoms with van der Waals surface area (Å²) in [5, 5.41) is 2.65. The quantitative estimate of drug-likeness (QED) is 0.817. The average molecular weight is 269 g/mol. The van der Waals surface area contributed by atoms with E-state index in [2.05, 4.69) is 22.1 Å². The lowest BCUT2D eigenvalue weighted by molar-refractivity contribution is 0.102. The molecule has 0 aliphatic rings. The Morgan fingerprint density at radius 2 is 2.20 bits per heavy atom. The minimum Gasteiger partial charge on any atom is -0.320 e. The maximum Gasteiger partial charge on any atom is 0.274 e. The van der Waals surface area contributed by atoms with Crippen LogP contribution in [0.15, 0.2) is 42.6 Å². The number of rotatable bonds is 2. The van der Waals surface area contributed by atoms with Crippen LogP contribution >= 0.6 is 0 Å². The van der Waals surface area contributed by atoms with E-state index in [0.717, 1.165) is 0 Å². The van der Waals surface area contributed by atoms with E-state index >= 15 is 0 Å². The predicted octanol–water partition coefficient (Wildman–Crippen LogP) is 1.78. The molecule has 0 unspecified atom stereocenters. The number of halogens is 1. The number of nitrogens with zero attached hydrogens (tertiary/aromatic N) is 1. The molecular weight excluding hydrogens is 257 g/mol. The van der Waals surface area contributed by atoms with E-state index in [1.807, 2.05) is 0 Å². The molecule has 0 aliphatic carbocycles. The second kappa shape index (κ2) is 6.45. The van der Waals surface area contributed by atoms with E-state index in [0.29, 0.717) is 11.3 Å². The van der Waals surface area contributed by atoms with Crippen LogP contribution in [0, 0.1) is 17.7 Å². The van der Waals surface area contributed by atoms with E-state index in [1.165, 1.54) is 24.4 Å². The first kappa shape index (κ1) is 13.7.